The Hall–Kier alpha value is -1.56. The Bertz CT molecular complexity index is 601. The molecule has 0 radical (unpaired) electrons. The molecule has 25 heavy (non-hydrogen) atoms. The molecule has 138 valence electrons. The van der Waals surface area contributed by atoms with E-state index >= 15 is 0 Å². The molecule has 2 aliphatic rings. The molecule has 3 rings (SSSR count). The summed E-state index contributed by atoms with van der Waals surface area (Å²) in [6, 6.07) is 4.43. The second kappa shape index (κ2) is 7.36. The molecule has 3 heterocycles. The van der Waals surface area contributed by atoms with Crippen LogP contribution >= 0.6 is 11.3 Å². The summed E-state index contributed by atoms with van der Waals surface area (Å²) in [6.07, 6.45) is 3.32. The Balaban J connectivity index is 1.56. The Labute approximate surface area is 153 Å². The first kappa shape index (κ1) is 18.2. The highest BCUT2D eigenvalue weighted by Gasteiger charge is 2.37. The largest absolute Gasteiger partial charge is 0.444 e. The first-order valence-electron chi connectivity index (χ1n) is 9.17. The number of carbonyl (C=O) groups excluding carboxylic acids is 2. The van der Waals surface area contributed by atoms with E-state index in [-0.39, 0.29) is 24.0 Å². The molecular weight excluding hydrogens is 336 g/mol. The zero-order chi connectivity index (χ0) is 18.0. The van der Waals surface area contributed by atoms with Crippen LogP contribution in [0.15, 0.2) is 17.5 Å². The maximum atomic E-state index is 13.0. The highest BCUT2D eigenvalue weighted by Crippen LogP contribution is 2.36. The lowest BCUT2D eigenvalue weighted by molar-refractivity contribution is -0.138. The van der Waals surface area contributed by atoms with Gasteiger partial charge in [0.1, 0.15) is 5.60 Å². The van der Waals surface area contributed by atoms with Gasteiger partial charge in [0.15, 0.2) is 0 Å². The first-order chi connectivity index (χ1) is 11.8. The van der Waals surface area contributed by atoms with E-state index in [0.717, 1.165) is 32.2 Å². The average molecular weight is 365 g/mol. The van der Waals surface area contributed by atoms with Crippen LogP contribution in [0.1, 0.15) is 57.4 Å². The van der Waals surface area contributed by atoms with Gasteiger partial charge in [0.25, 0.3) is 0 Å². The van der Waals surface area contributed by atoms with Crippen molar-refractivity contribution in [3.8, 4) is 0 Å². The highest BCUT2D eigenvalue weighted by atomic mass is 32.1. The van der Waals surface area contributed by atoms with Crippen LogP contribution in [0.25, 0.3) is 0 Å². The molecule has 0 N–H and O–H groups in total. The van der Waals surface area contributed by atoms with E-state index < -0.39 is 5.60 Å². The van der Waals surface area contributed by atoms with Crippen LogP contribution in [0.2, 0.25) is 0 Å². The normalized spacial score (nSPS) is 22.3. The zero-order valence-electron chi connectivity index (χ0n) is 15.4. The van der Waals surface area contributed by atoms with Gasteiger partial charge in [0.2, 0.25) is 5.91 Å². The van der Waals surface area contributed by atoms with Crippen molar-refractivity contribution < 1.29 is 14.3 Å². The van der Waals surface area contributed by atoms with Crippen molar-refractivity contribution >= 4 is 23.3 Å². The van der Waals surface area contributed by atoms with Crippen molar-refractivity contribution in [1.82, 2.24) is 9.80 Å². The van der Waals surface area contributed by atoms with Crippen molar-refractivity contribution in [1.29, 1.82) is 0 Å². The van der Waals surface area contributed by atoms with E-state index in [1.165, 1.54) is 4.88 Å². The zero-order valence-corrected chi connectivity index (χ0v) is 16.2. The monoisotopic (exact) mass is 364 g/mol. The summed E-state index contributed by atoms with van der Waals surface area (Å²) in [5, 5.41) is 2.08. The van der Waals surface area contributed by atoms with Crippen LogP contribution in [0, 0.1) is 5.92 Å². The second-order valence-electron chi connectivity index (χ2n) is 7.95. The SMILES string of the molecule is CC(C)(C)OC(=O)N1CCC(C(=O)N2CCCC2c2cccs2)CC1. The Morgan fingerprint density at radius 1 is 1.16 bits per heavy atom. The summed E-state index contributed by atoms with van der Waals surface area (Å²) in [4.78, 5) is 30.3. The molecule has 6 heteroatoms. The summed E-state index contributed by atoms with van der Waals surface area (Å²) >= 11 is 1.73. The minimum Gasteiger partial charge on any atom is -0.444 e. The number of ether oxygens (including phenoxy) is 1. The molecule has 1 atom stereocenters. The van der Waals surface area contributed by atoms with Gasteiger partial charge in [-0.15, -0.1) is 11.3 Å². The third-order valence-corrected chi connectivity index (χ3v) is 5.88. The second-order valence-corrected chi connectivity index (χ2v) is 8.93. The number of likely N-dealkylation sites (tertiary alicyclic amines) is 2. The lowest BCUT2D eigenvalue weighted by Gasteiger charge is -2.35. The highest BCUT2D eigenvalue weighted by molar-refractivity contribution is 7.10. The number of thiophene rings is 1. The quantitative estimate of drug-likeness (QED) is 0.795. The van der Waals surface area contributed by atoms with Crippen molar-refractivity contribution in [3.05, 3.63) is 22.4 Å². The number of carbonyl (C=O) groups is 2. The van der Waals surface area contributed by atoms with Gasteiger partial charge >= 0.3 is 6.09 Å². The summed E-state index contributed by atoms with van der Waals surface area (Å²) in [6.45, 7) is 7.68. The summed E-state index contributed by atoms with van der Waals surface area (Å²) in [7, 11) is 0. The van der Waals surface area contributed by atoms with Crippen molar-refractivity contribution in [2.45, 2.75) is 58.1 Å². The fourth-order valence-corrected chi connectivity index (χ4v) is 4.55. The van der Waals surface area contributed by atoms with E-state index in [2.05, 4.69) is 22.4 Å². The molecule has 0 aromatic carbocycles. The molecular formula is C19H28N2O3S. The van der Waals surface area contributed by atoms with E-state index in [0.29, 0.717) is 13.1 Å². The van der Waals surface area contributed by atoms with E-state index in [1.807, 2.05) is 20.8 Å². The lowest BCUT2D eigenvalue weighted by Crippen LogP contribution is -2.45. The number of hydrogen-bond donors (Lipinski definition) is 0. The van der Waals surface area contributed by atoms with Crippen molar-refractivity contribution in [2.75, 3.05) is 19.6 Å². The van der Waals surface area contributed by atoms with Crippen LogP contribution in [-0.4, -0.2) is 47.0 Å². The van der Waals surface area contributed by atoms with Gasteiger partial charge in [-0.3, -0.25) is 4.79 Å². The minimum atomic E-state index is -0.479. The standard InChI is InChI=1S/C19H28N2O3S/c1-19(2,3)24-18(23)20-11-8-14(9-12-20)17(22)21-10-4-6-15(21)16-7-5-13-25-16/h5,7,13-15H,4,6,8-12H2,1-3H3. The average Bonchev–Trinajstić information content (AvgIpc) is 3.23. The van der Waals surface area contributed by atoms with Gasteiger partial charge < -0.3 is 14.5 Å². The fraction of sp³-hybridized carbons (Fsp3) is 0.684. The number of piperidine rings is 1. The molecule has 1 unspecified atom stereocenters. The predicted molar refractivity (Wildman–Crippen MR) is 98.5 cm³/mol. The van der Waals surface area contributed by atoms with Crippen LogP contribution in [0.4, 0.5) is 4.79 Å². The van der Waals surface area contributed by atoms with Gasteiger partial charge in [-0.25, -0.2) is 4.79 Å². The topological polar surface area (TPSA) is 49.9 Å². The molecule has 2 amide bonds. The third-order valence-electron chi connectivity index (χ3n) is 4.90. The van der Waals surface area contributed by atoms with E-state index in [9.17, 15) is 9.59 Å². The summed E-state index contributed by atoms with van der Waals surface area (Å²) in [5.74, 6) is 0.291. The molecule has 2 aliphatic heterocycles. The molecule has 2 fully saturated rings. The van der Waals surface area contributed by atoms with Gasteiger partial charge in [-0.1, -0.05) is 6.07 Å². The molecule has 0 spiro atoms. The Kier molecular flexibility index (Phi) is 5.37. The Morgan fingerprint density at radius 3 is 2.48 bits per heavy atom. The smallest absolute Gasteiger partial charge is 0.410 e. The van der Waals surface area contributed by atoms with Gasteiger partial charge in [-0.05, 0) is 57.9 Å². The molecule has 0 bridgehead atoms. The number of rotatable bonds is 2. The number of nitrogens with zero attached hydrogens (tertiary/aromatic N) is 2. The van der Waals surface area contributed by atoms with Crippen molar-refractivity contribution in [3.63, 3.8) is 0 Å². The Morgan fingerprint density at radius 2 is 1.88 bits per heavy atom. The first-order valence-corrected chi connectivity index (χ1v) is 10.0. The van der Waals surface area contributed by atoms with E-state index in [1.54, 1.807) is 16.2 Å². The minimum absolute atomic E-state index is 0.0271. The fourth-order valence-electron chi connectivity index (χ4n) is 3.68. The molecule has 5 nitrogen and oxygen atoms in total. The van der Waals surface area contributed by atoms with E-state index in [4.69, 9.17) is 4.74 Å². The van der Waals surface area contributed by atoms with Gasteiger partial charge in [0, 0.05) is 30.4 Å². The van der Waals surface area contributed by atoms with Gasteiger partial charge in [-0.2, -0.15) is 0 Å². The van der Waals surface area contributed by atoms with Crippen molar-refractivity contribution in [2.24, 2.45) is 5.92 Å². The predicted octanol–water partition coefficient (Wildman–Crippen LogP) is 4.06. The van der Waals surface area contributed by atoms with Crippen LogP contribution in [0.5, 0.6) is 0 Å². The maximum absolute atomic E-state index is 13.0. The molecule has 0 saturated carbocycles. The van der Waals surface area contributed by atoms with Gasteiger partial charge in [0.05, 0.1) is 6.04 Å². The maximum Gasteiger partial charge on any atom is 0.410 e. The summed E-state index contributed by atoms with van der Waals surface area (Å²) < 4.78 is 5.43. The van der Waals surface area contributed by atoms with Crippen LogP contribution in [0.3, 0.4) is 0 Å². The van der Waals surface area contributed by atoms with Crippen LogP contribution < -0.4 is 0 Å². The lowest BCUT2D eigenvalue weighted by atomic mass is 9.95. The molecule has 2 saturated heterocycles. The van der Waals surface area contributed by atoms with Crippen LogP contribution in [-0.2, 0) is 9.53 Å². The summed E-state index contributed by atoms with van der Waals surface area (Å²) in [5.41, 5.74) is -0.479. The number of hydrogen-bond acceptors (Lipinski definition) is 4. The number of amides is 2. The molecule has 0 aliphatic carbocycles. The molecule has 1 aromatic heterocycles. The third kappa shape index (κ3) is 4.35. The molecule has 1 aromatic rings.